The molecule has 4 nitrogen and oxygen atoms in total. The zero-order valence-electron chi connectivity index (χ0n) is 18.0. The Morgan fingerprint density at radius 2 is 1.84 bits per heavy atom. The maximum Gasteiger partial charge on any atom is 0.264 e. The van der Waals surface area contributed by atoms with Gasteiger partial charge in [0.05, 0.1) is 10.6 Å². The van der Waals surface area contributed by atoms with Crippen molar-refractivity contribution in [2.75, 3.05) is 0 Å². The van der Waals surface area contributed by atoms with Gasteiger partial charge in [-0.15, -0.1) is 0 Å². The van der Waals surface area contributed by atoms with Gasteiger partial charge in [-0.05, 0) is 98.1 Å². The third-order valence-corrected chi connectivity index (χ3v) is 6.79. The molecule has 2 aromatic carbocycles. The van der Waals surface area contributed by atoms with Gasteiger partial charge >= 0.3 is 0 Å². The Morgan fingerprint density at radius 3 is 2.52 bits per heavy atom. The van der Waals surface area contributed by atoms with Gasteiger partial charge < -0.3 is 9.88 Å². The summed E-state index contributed by atoms with van der Waals surface area (Å²) >= 11 is 4.84. The topological polar surface area (TPSA) is 46.4 Å². The molecule has 4 rings (SSSR count). The minimum absolute atomic E-state index is 0.115. The Balaban J connectivity index is 1.63. The summed E-state index contributed by atoms with van der Waals surface area (Å²) < 4.78 is 3.24. The number of aryl methyl sites for hydroxylation is 3. The van der Waals surface area contributed by atoms with Crippen molar-refractivity contribution in [3.63, 3.8) is 0 Å². The van der Waals surface area contributed by atoms with Gasteiger partial charge in [0, 0.05) is 21.5 Å². The highest BCUT2D eigenvalue weighted by molar-refractivity contribution is 9.10. The highest BCUT2D eigenvalue weighted by atomic mass is 79.9. The summed E-state index contributed by atoms with van der Waals surface area (Å²) in [6.45, 7) is 8.34. The second kappa shape index (κ2) is 8.89. The highest BCUT2D eigenvalue weighted by Gasteiger charge is 2.25. The predicted octanol–water partition coefficient (Wildman–Crippen LogP) is 6.62. The Labute approximate surface area is 195 Å². The van der Waals surface area contributed by atoms with E-state index in [4.69, 9.17) is 0 Å². The first-order valence-electron chi connectivity index (χ1n) is 10.2. The lowest BCUT2D eigenvalue weighted by Gasteiger charge is -2.10. The van der Waals surface area contributed by atoms with Gasteiger partial charge in [0.1, 0.15) is 0 Å². The fraction of sp³-hybridized carbons (Fsp3) is 0.200. The smallest absolute Gasteiger partial charge is 0.264 e. The molecule has 6 heteroatoms. The summed E-state index contributed by atoms with van der Waals surface area (Å²) in [4.78, 5) is 17.8. The molecule has 3 aromatic rings. The summed E-state index contributed by atoms with van der Waals surface area (Å²) in [7, 11) is 0. The third-order valence-electron chi connectivity index (χ3n) is 5.39. The third kappa shape index (κ3) is 4.55. The van der Waals surface area contributed by atoms with Gasteiger partial charge in [-0.2, -0.15) is 0 Å². The molecule has 1 aliphatic rings. The molecular weight excluding hydrogens is 470 g/mol. The van der Waals surface area contributed by atoms with Crippen LogP contribution < -0.4 is 5.32 Å². The van der Waals surface area contributed by atoms with Crippen LogP contribution in [0.25, 0.3) is 11.8 Å². The second-order valence-electron chi connectivity index (χ2n) is 7.59. The van der Waals surface area contributed by atoms with E-state index < -0.39 is 0 Å². The fourth-order valence-electron chi connectivity index (χ4n) is 3.69. The molecule has 0 bridgehead atoms. The zero-order valence-corrected chi connectivity index (χ0v) is 20.4. The van der Waals surface area contributed by atoms with E-state index in [-0.39, 0.29) is 5.91 Å². The number of carbonyl (C=O) groups is 1. The number of amides is 1. The molecule has 31 heavy (non-hydrogen) atoms. The lowest BCUT2D eigenvalue weighted by atomic mass is 10.1. The molecule has 1 amide bonds. The zero-order chi connectivity index (χ0) is 22.1. The number of aromatic nitrogens is 1. The van der Waals surface area contributed by atoms with Gasteiger partial charge in [0.25, 0.3) is 5.91 Å². The van der Waals surface area contributed by atoms with E-state index in [0.29, 0.717) is 10.1 Å². The maximum absolute atomic E-state index is 12.6. The van der Waals surface area contributed by atoms with E-state index in [1.165, 1.54) is 17.3 Å². The van der Waals surface area contributed by atoms with Crippen LogP contribution in [-0.2, 0) is 11.2 Å². The van der Waals surface area contributed by atoms with Crippen molar-refractivity contribution < 1.29 is 4.79 Å². The van der Waals surface area contributed by atoms with Gasteiger partial charge in [-0.3, -0.25) is 4.79 Å². The molecule has 0 unspecified atom stereocenters. The van der Waals surface area contributed by atoms with Gasteiger partial charge in [0.2, 0.25) is 0 Å². The van der Waals surface area contributed by atoms with Crippen molar-refractivity contribution in [3.05, 3.63) is 86.0 Å². The van der Waals surface area contributed by atoms with E-state index in [0.717, 1.165) is 44.8 Å². The molecule has 0 atom stereocenters. The van der Waals surface area contributed by atoms with Crippen LogP contribution in [0.5, 0.6) is 0 Å². The molecule has 1 aromatic heterocycles. The molecule has 0 radical (unpaired) electrons. The molecule has 0 aliphatic carbocycles. The number of hydrogen-bond acceptors (Lipinski definition) is 3. The molecule has 1 aliphatic heterocycles. The van der Waals surface area contributed by atoms with Crippen molar-refractivity contribution in [2.24, 2.45) is 4.99 Å². The summed E-state index contributed by atoms with van der Waals surface area (Å²) in [6.07, 6.45) is 2.98. The van der Waals surface area contributed by atoms with E-state index in [2.05, 4.69) is 81.9 Å². The van der Waals surface area contributed by atoms with Crippen LogP contribution in [0.3, 0.4) is 0 Å². The van der Waals surface area contributed by atoms with Gasteiger partial charge in [-0.25, -0.2) is 4.99 Å². The van der Waals surface area contributed by atoms with Crippen LogP contribution in [0.15, 0.2) is 62.9 Å². The summed E-state index contributed by atoms with van der Waals surface area (Å²) in [5.41, 5.74) is 7.63. The van der Waals surface area contributed by atoms with Crippen molar-refractivity contribution in [3.8, 4) is 5.69 Å². The standard InChI is InChI=1S/C25H24BrN3OS/c1-5-18-6-9-21(10-7-18)29-16(3)13-19(17(29)4)14-23-24(30)28-25(31-23)27-22-11-8-20(26)12-15(22)2/h6-14H,5H2,1-4H3,(H,27,28,30)/b23-14-. The van der Waals surface area contributed by atoms with Crippen LogP contribution in [0.4, 0.5) is 5.69 Å². The summed E-state index contributed by atoms with van der Waals surface area (Å²) in [5.74, 6) is -0.115. The molecule has 0 saturated carbocycles. The lowest BCUT2D eigenvalue weighted by molar-refractivity contribution is -0.115. The number of nitrogens with one attached hydrogen (secondary N) is 1. The first-order valence-corrected chi connectivity index (χ1v) is 11.8. The van der Waals surface area contributed by atoms with Crippen molar-refractivity contribution in [2.45, 2.75) is 34.1 Å². The Hall–Kier alpha value is -2.57. The summed E-state index contributed by atoms with van der Waals surface area (Å²) in [6, 6.07) is 16.7. The van der Waals surface area contributed by atoms with Gasteiger partial charge in [0.15, 0.2) is 5.17 Å². The minimum Gasteiger partial charge on any atom is -0.318 e. The molecule has 0 spiro atoms. The number of carbonyl (C=O) groups excluding carboxylic acids is 1. The number of thioether (sulfide) groups is 1. The van der Waals surface area contributed by atoms with Crippen molar-refractivity contribution in [1.29, 1.82) is 0 Å². The average Bonchev–Trinajstić information content (AvgIpc) is 3.22. The van der Waals surface area contributed by atoms with Crippen LogP contribution >= 0.6 is 27.7 Å². The number of aliphatic imine (C=N–C) groups is 1. The molecule has 1 saturated heterocycles. The lowest BCUT2D eigenvalue weighted by Crippen LogP contribution is -2.19. The van der Waals surface area contributed by atoms with Crippen molar-refractivity contribution in [1.82, 2.24) is 9.88 Å². The Kier molecular flexibility index (Phi) is 6.21. The Morgan fingerprint density at radius 1 is 1.10 bits per heavy atom. The fourth-order valence-corrected chi connectivity index (χ4v) is 4.99. The van der Waals surface area contributed by atoms with Crippen molar-refractivity contribution >= 4 is 50.5 Å². The number of halogens is 1. The molecule has 2 heterocycles. The molecule has 158 valence electrons. The first-order chi connectivity index (χ1) is 14.9. The largest absolute Gasteiger partial charge is 0.318 e. The predicted molar refractivity (Wildman–Crippen MR) is 134 cm³/mol. The number of hydrogen-bond donors (Lipinski definition) is 1. The van der Waals surface area contributed by atoms with Crippen LogP contribution in [-0.4, -0.2) is 15.6 Å². The normalized spacial score (nSPS) is 16.4. The van der Waals surface area contributed by atoms with Crippen LogP contribution in [0.2, 0.25) is 0 Å². The molecular formula is C25H24BrN3OS. The number of amidine groups is 1. The maximum atomic E-state index is 12.6. The summed E-state index contributed by atoms with van der Waals surface area (Å²) in [5, 5.41) is 3.49. The average molecular weight is 494 g/mol. The first kappa shape index (κ1) is 21.7. The number of benzene rings is 2. The number of rotatable bonds is 4. The monoisotopic (exact) mass is 493 g/mol. The Bertz CT molecular complexity index is 1220. The SMILES string of the molecule is CCc1ccc(-n2c(C)cc(/C=C3\SC(=Nc4ccc(Br)cc4C)NC3=O)c2C)cc1. The quantitative estimate of drug-likeness (QED) is 0.415. The molecule has 1 fully saturated rings. The van der Waals surface area contributed by atoms with Crippen LogP contribution in [0.1, 0.15) is 35.0 Å². The van der Waals surface area contributed by atoms with Gasteiger partial charge in [-0.1, -0.05) is 35.0 Å². The number of nitrogens with zero attached hydrogens (tertiary/aromatic N) is 2. The minimum atomic E-state index is -0.115. The van der Waals surface area contributed by atoms with E-state index in [1.54, 1.807) is 0 Å². The van der Waals surface area contributed by atoms with E-state index in [1.807, 2.05) is 31.2 Å². The van der Waals surface area contributed by atoms with E-state index in [9.17, 15) is 4.79 Å². The second-order valence-corrected chi connectivity index (χ2v) is 9.54. The highest BCUT2D eigenvalue weighted by Crippen LogP contribution is 2.31. The molecule has 1 N–H and O–H groups in total. The van der Waals surface area contributed by atoms with Crippen LogP contribution in [0, 0.1) is 20.8 Å². The van der Waals surface area contributed by atoms with E-state index >= 15 is 0 Å².